The van der Waals surface area contributed by atoms with Crippen LogP contribution >= 0.6 is 22.6 Å². The van der Waals surface area contributed by atoms with Gasteiger partial charge in [-0.15, -0.1) is 0 Å². The third-order valence-electron chi connectivity index (χ3n) is 2.27. The van der Waals surface area contributed by atoms with Crippen molar-refractivity contribution in [1.29, 1.82) is 0 Å². The van der Waals surface area contributed by atoms with Crippen LogP contribution in [0.2, 0.25) is 0 Å². The molecular weight excluding hydrogens is 319 g/mol. The summed E-state index contributed by atoms with van der Waals surface area (Å²) in [6, 6.07) is 1.94. The number of aromatic nitrogens is 2. The van der Waals surface area contributed by atoms with Crippen molar-refractivity contribution in [3.8, 4) is 0 Å². The number of imidazole rings is 1. The Morgan fingerprint density at radius 3 is 3.06 bits per heavy atom. The zero-order valence-electron chi connectivity index (χ0n) is 9.03. The summed E-state index contributed by atoms with van der Waals surface area (Å²) in [6.07, 6.45) is 3.44. The number of hydrogen-bond acceptors (Lipinski definition) is 3. The van der Waals surface area contributed by atoms with E-state index in [2.05, 4.69) is 27.6 Å². The second-order valence-electron chi connectivity index (χ2n) is 3.40. The first-order chi connectivity index (χ1) is 7.63. The highest BCUT2D eigenvalue weighted by molar-refractivity contribution is 14.1. The number of pyridine rings is 1. The van der Waals surface area contributed by atoms with Gasteiger partial charge in [-0.2, -0.15) is 0 Å². The van der Waals surface area contributed by atoms with Gasteiger partial charge in [-0.05, 0) is 48.1 Å². The molecule has 2 aromatic heterocycles. The molecule has 2 heterocycles. The van der Waals surface area contributed by atoms with E-state index in [1.165, 1.54) is 0 Å². The number of hydrogen-bond donors (Lipinski definition) is 0. The van der Waals surface area contributed by atoms with Crippen molar-refractivity contribution in [2.45, 2.75) is 13.8 Å². The number of halogens is 1. The molecule has 0 amide bonds. The van der Waals surface area contributed by atoms with Crippen molar-refractivity contribution in [2.75, 3.05) is 6.61 Å². The van der Waals surface area contributed by atoms with Gasteiger partial charge in [0.25, 0.3) is 0 Å². The van der Waals surface area contributed by atoms with Crippen LogP contribution in [0.3, 0.4) is 0 Å². The minimum Gasteiger partial charge on any atom is -0.461 e. The zero-order valence-corrected chi connectivity index (χ0v) is 11.2. The summed E-state index contributed by atoms with van der Waals surface area (Å²) in [4.78, 5) is 15.8. The minimum absolute atomic E-state index is 0.337. The minimum atomic E-state index is -0.337. The lowest BCUT2D eigenvalue weighted by Gasteiger charge is -2.03. The first-order valence-corrected chi connectivity index (χ1v) is 6.01. The predicted molar refractivity (Wildman–Crippen MR) is 68.6 cm³/mol. The van der Waals surface area contributed by atoms with Crippen LogP contribution in [-0.4, -0.2) is 22.0 Å². The van der Waals surface area contributed by atoms with Gasteiger partial charge in [0, 0.05) is 9.77 Å². The molecule has 2 rings (SSSR count). The van der Waals surface area contributed by atoms with E-state index in [0.717, 1.165) is 14.8 Å². The van der Waals surface area contributed by atoms with Gasteiger partial charge in [-0.1, -0.05) is 0 Å². The van der Waals surface area contributed by atoms with E-state index in [1.807, 2.05) is 19.2 Å². The Kier molecular flexibility index (Phi) is 3.13. The van der Waals surface area contributed by atoms with Crippen molar-refractivity contribution >= 4 is 34.2 Å². The predicted octanol–water partition coefficient (Wildman–Crippen LogP) is 2.42. The van der Waals surface area contributed by atoms with Gasteiger partial charge in [0.05, 0.1) is 12.8 Å². The van der Waals surface area contributed by atoms with Crippen LogP contribution in [0.25, 0.3) is 5.65 Å². The van der Waals surface area contributed by atoms with Crippen molar-refractivity contribution in [3.05, 3.63) is 33.3 Å². The maximum Gasteiger partial charge on any atom is 0.356 e. The van der Waals surface area contributed by atoms with Crippen LogP contribution in [0.4, 0.5) is 0 Å². The van der Waals surface area contributed by atoms with Gasteiger partial charge in [0.2, 0.25) is 0 Å². The highest BCUT2D eigenvalue weighted by Crippen LogP contribution is 2.16. The summed E-state index contributed by atoms with van der Waals surface area (Å²) in [5.74, 6) is -0.337. The Labute approximate surface area is 107 Å². The molecule has 2 aromatic rings. The molecule has 84 valence electrons. The Bertz CT molecular complexity index is 548. The fourth-order valence-electron chi connectivity index (χ4n) is 1.46. The molecule has 0 aliphatic heterocycles. The second-order valence-corrected chi connectivity index (χ2v) is 4.56. The number of ether oxygens (including phenoxy) is 1. The molecule has 4 nitrogen and oxygen atoms in total. The lowest BCUT2D eigenvalue weighted by atomic mass is 10.3. The fourth-order valence-corrected chi connectivity index (χ4v) is 1.87. The summed E-state index contributed by atoms with van der Waals surface area (Å²) >= 11 is 2.25. The van der Waals surface area contributed by atoms with E-state index in [1.54, 1.807) is 17.5 Å². The molecule has 0 radical (unpaired) electrons. The molecular formula is C11H11IN2O2. The van der Waals surface area contributed by atoms with E-state index in [-0.39, 0.29) is 5.97 Å². The van der Waals surface area contributed by atoms with Crippen molar-refractivity contribution in [1.82, 2.24) is 9.38 Å². The van der Waals surface area contributed by atoms with Gasteiger partial charge in [0.1, 0.15) is 5.65 Å². The van der Waals surface area contributed by atoms with Crippen LogP contribution in [0.5, 0.6) is 0 Å². The van der Waals surface area contributed by atoms with Crippen LogP contribution < -0.4 is 0 Å². The number of fused-ring (bicyclic) bond motifs is 1. The lowest BCUT2D eigenvalue weighted by molar-refractivity contribution is 0.0518. The average Bonchev–Trinajstić information content (AvgIpc) is 2.62. The summed E-state index contributed by atoms with van der Waals surface area (Å²) in [6.45, 7) is 4.15. The zero-order chi connectivity index (χ0) is 11.7. The van der Waals surface area contributed by atoms with E-state index < -0.39 is 0 Å². The quantitative estimate of drug-likeness (QED) is 0.627. The third kappa shape index (κ3) is 1.91. The number of carbonyl (C=O) groups excluding carboxylic acids is 1. The van der Waals surface area contributed by atoms with E-state index in [4.69, 9.17) is 4.74 Å². The Hall–Kier alpha value is -1.11. The molecule has 0 saturated heterocycles. The van der Waals surface area contributed by atoms with Crippen molar-refractivity contribution < 1.29 is 9.53 Å². The van der Waals surface area contributed by atoms with Gasteiger partial charge in [0.15, 0.2) is 5.69 Å². The maximum atomic E-state index is 11.6. The summed E-state index contributed by atoms with van der Waals surface area (Å²) < 4.78 is 7.85. The Morgan fingerprint density at radius 1 is 1.62 bits per heavy atom. The van der Waals surface area contributed by atoms with Crippen LogP contribution in [0.15, 0.2) is 18.5 Å². The normalized spacial score (nSPS) is 10.7. The molecule has 0 fully saturated rings. The molecule has 16 heavy (non-hydrogen) atoms. The van der Waals surface area contributed by atoms with Crippen molar-refractivity contribution in [2.24, 2.45) is 0 Å². The third-order valence-corrected chi connectivity index (χ3v) is 3.43. The highest BCUT2D eigenvalue weighted by atomic mass is 127. The van der Waals surface area contributed by atoms with Gasteiger partial charge in [-0.25, -0.2) is 9.78 Å². The molecule has 0 bridgehead atoms. The summed E-state index contributed by atoms with van der Waals surface area (Å²) in [5, 5.41) is 0. The molecule has 0 saturated carbocycles. The largest absolute Gasteiger partial charge is 0.461 e. The average molecular weight is 330 g/mol. The Balaban J connectivity index is 2.56. The van der Waals surface area contributed by atoms with E-state index in [0.29, 0.717) is 12.3 Å². The highest BCUT2D eigenvalue weighted by Gasteiger charge is 2.13. The topological polar surface area (TPSA) is 43.6 Å². The van der Waals surface area contributed by atoms with Crippen LogP contribution in [0, 0.1) is 10.5 Å². The molecule has 0 unspecified atom stereocenters. The van der Waals surface area contributed by atoms with Crippen molar-refractivity contribution in [3.63, 3.8) is 0 Å². The second kappa shape index (κ2) is 4.40. The summed E-state index contributed by atoms with van der Waals surface area (Å²) in [7, 11) is 0. The maximum absolute atomic E-state index is 11.6. The number of aryl methyl sites for hydroxylation is 1. The number of carbonyl (C=O) groups is 1. The number of rotatable bonds is 2. The van der Waals surface area contributed by atoms with Gasteiger partial charge < -0.3 is 4.74 Å². The fraction of sp³-hybridized carbons (Fsp3) is 0.273. The van der Waals surface area contributed by atoms with Crippen LogP contribution in [0.1, 0.15) is 23.0 Å². The molecule has 0 aromatic carbocycles. The summed E-state index contributed by atoms with van der Waals surface area (Å²) in [5.41, 5.74) is 2.34. The SMILES string of the molecule is CCOC(=O)c1cnc2cc(I)c(C)cn12. The molecule has 0 N–H and O–H groups in total. The molecule has 0 aliphatic carbocycles. The van der Waals surface area contributed by atoms with Gasteiger partial charge in [-0.3, -0.25) is 4.40 Å². The van der Waals surface area contributed by atoms with Gasteiger partial charge >= 0.3 is 5.97 Å². The number of nitrogens with zero attached hydrogens (tertiary/aromatic N) is 2. The molecule has 5 heteroatoms. The molecule has 0 aliphatic rings. The Morgan fingerprint density at radius 2 is 2.38 bits per heavy atom. The number of esters is 1. The molecule has 0 atom stereocenters. The molecule has 0 spiro atoms. The standard InChI is InChI=1S/C11H11IN2O2/c1-3-16-11(15)9-5-13-10-4-8(12)7(2)6-14(9)10/h4-6H,3H2,1-2H3. The monoisotopic (exact) mass is 330 g/mol. The smallest absolute Gasteiger partial charge is 0.356 e. The van der Waals surface area contributed by atoms with E-state index >= 15 is 0 Å². The lowest BCUT2D eigenvalue weighted by Crippen LogP contribution is -2.08. The first kappa shape index (κ1) is 11.4. The van der Waals surface area contributed by atoms with E-state index in [9.17, 15) is 4.79 Å². The first-order valence-electron chi connectivity index (χ1n) is 4.93. The van der Waals surface area contributed by atoms with Crippen LogP contribution in [-0.2, 0) is 4.74 Å².